The molecule has 1 aromatic rings. The molecule has 0 aliphatic heterocycles. The van der Waals surface area contributed by atoms with Crippen molar-refractivity contribution < 1.29 is 9.94 Å². The van der Waals surface area contributed by atoms with Gasteiger partial charge in [-0.25, -0.2) is 0 Å². The van der Waals surface area contributed by atoms with Gasteiger partial charge in [-0.05, 0) is 12.5 Å². The Morgan fingerprint density at radius 1 is 1.40 bits per heavy atom. The van der Waals surface area contributed by atoms with Crippen LogP contribution in [-0.4, -0.2) is 11.0 Å². The fraction of sp³-hybridized carbons (Fsp3) is 0.333. The first kappa shape index (κ1) is 11.6. The summed E-state index contributed by atoms with van der Waals surface area (Å²) in [5, 5.41) is 23.4. The van der Waals surface area contributed by atoms with Gasteiger partial charge in [-0.3, -0.25) is 0 Å². The lowest BCUT2D eigenvalue weighted by Gasteiger charge is -2.13. The molecule has 0 amide bonds. The van der Waals surface area contributed by atoms with Gasteiger partial charge in [-0.2, -0.15) is 4.73 Å². The maximum Gasteiger partial charge on any atom is 0.208 e. The highest BCUT2D eigenvalue weighted by molar-refractivity contribution is 6.32. The summed E-state index contributed by atoms with van der Waals surface area (Å²) < 4.78 is 0.669. The molecule has 6 heteroatoms. The minimum atomic E-state index is -0.114. The maximum absolute atomic E-state index is 11.6. The Morgan fingerprint density at radius 2 is 1.93 bits per heavy atom. The Labute approximate surface area is 92.4 Å². The van der Waals surface area contributed by atoms with Gasteiger partial charge < -0.3 is 16.1 Å². The number of rotatable bonds is 1. The fourth-order valence-electron chi connectivity index (χ4n) is 1.52. The Kier molecular flexibility index (Phi) is 3.04. The van der Waals surface area contributed by atoms with E-state index in [2.05, 4.69) is 5.16 Å². The monoisotopic (exact) mass is 229 g/mol. The molecule has 15 heavy (non-hydrogen) atoms. The highest BCUT2D eigenvalue weighted by atomic mass is 35.5. The number of halogens is 1. The number of amidine groups is 1. The predicted octanol–water partition coefficient (Wildman–Crippen LogP) is 0.993. The molecule has 0 unspecified atom stereocenters. The van der Waals surface area contributed by atoms with E-state index in [-0.39, 0.29) is 5.84 Å². The van der Waals surface area contributed by atoms with Crippen molar-refractivity contribution in [3.8, 4) is 0 Å². The zero-order valence-corrected chi connectivity index (χ0v) is 9.46. The molecule has 0 radical (unpaired) electrons. The SMILES string of the molecule is Cc1c(Cl)c(C)[n+]([O-])c(C)c1/C(N)=N/O. The number of pyridine rings is 1. The maximum atomic E-state index is 11.6. The van der Waals surface area contributed by atoms with Gasteiger partial charge in [0.25, 0.3) is 0 Å². The Morgan fingerprint density at radius 3 is 2.40 bits per heavy atom. The largest absolute Gasteiger partial charge is 0.618 e. The van der Waals surface area contributed by atoms with Crippen molar-refractivity contribution in [3.63, 3.8) is 0 Å². The van der Waals surface area contributed by atoms with Crippen LogP contribution in [0.4, 0.5) is 0 Å². The van der Waals surface area contributed by atoms with Crippen LogP contribution in [0.15, 0.2) is 5.16 Å². The van der Waals surface area contributed by atoms with Gasteiger partial charge in [-0.15, -0.1) is 0 Å². The van der Waals surface area contributed by atoms with E-state index in [0.717, 1.165) is 0 Å². The summed E-state index contributed by atoms with van der Waals surface area (Å²) >= 11 is 5.95. The Hall–Kier alpha value is -1.49. The lowest BCUT2D eigenvalue weighted by Crippen LogP contribution is -2.38. The van der Waals surface area contributed by atoms with Crippen LogP contribution in [0.5, 0.6) is 0 Å². The van der Waals surface area contributed by atoms with Crippen LogP contribution in [0.25, 0.3) is 0 Å². The summed E-state index contributed by atoms with van der Waals surface area (Å²) in [6.45, 7) is 4.93. The second-order valence-corrected chi connectivity index (χ2v) is 3.64. The number of aromatic nitrogens is 1. The highest BCUT2D eigenvalue weighted by Crippen LogP contribution is 2.22. The van der Waals surface area contributed by atoms with E-state index in [4.69, 9.17) is 22.5 Å². The average molecular weight is 230 g/mol. The molecule has 0 spiro atoms. The lowest BCUT2D eigenvalue weighted by atomic mass is 10.1. The Balaban J connectivity index is 3.67. The number of hydrogen-bond acceptors (Lipinski definition) is 3. The van der Waals surface area contributed by atoms with E-state index >= 15 is 0 Å². The molecule has 0 aromatic carbocycles. The molecule has 1 rings (SSSR count). The molecule has 0 atom stereocenters. The first-order chi connectivity index (χ1) is 6.91. The lowest BCUT2D eigenvalue weighted by molar-refractivity contribution is -0.619. The molecule has 1 aromatic heterocycles. The van der Waals surface area contributed by atoms with Crippen LogP contribution < -0.4 is 10.5 Å². The standard InChI is InChI=1S/C9H12ClN3O2/c1-4-7(9(11)12-14)5(2)13(15)6(3)8(4)10/h14H,1-3H3,(H2,11,12). The van der Waals surface area contributed by atoms with Gasteiger partial charge in [-0.1, -0.05) is 16.8 Å². The normalized spacial score (nSPS) is 11.9. The summed E-state index contributed by atoms with van der Waals surface area (Å²) in [5.41, 5.74) is 7.25. The van der Waals surface area contributed by atoms with Gasteiger partial charge in [0, 0.05) is 13.8 Å². The van der Waals surface area contributed by atoms with Crippen LogP contribution in [-0.2, 0) is 0 Å². The van der Waals surface area contributed by atoms with Gasteiger partial charge in [0.2, 0.25) is 11.4 Å². The number of nitrogens with zero attached hydrogens (tertiary/aromatic N) is 2. The molecule has 0 aliphatic rings. The third-order valence-electron chi connectivity index (χ3n) is 2.36. The van der Waals surface area contributed by atoms with Gasteiger partial charge in [0.05, 0.1) is 5.56 Å². The second kappa shape index (κ2) is 3.94. The predicted molar refractivity (Wildman–Crippen MR) is 57.1 cm³/mol. The molecule has 0 fully saturated rings. The molecular weight excluding hydrogens is 218 g/mol. The van der Waals surface area contributed by atoms with Gasteiger partial charge in [0.15, 0.2) is 5.84 Å². The molecule has 3 N–H and O–H groups in total. The highest BCUT2D eigenvalue weighted by Gasteiger charge is 2.21. The minimum Gasteiger partial charge on any atom is -0.618 e. The molecule has 82 valence electrons. The van der Waals surface area contributed by atoms with Crippen molar-refractivity contribution >= 4 is 17.4 Å². The summed E-state index contributed by atoms with van der Waals surface area (Å²) in [6.07, 6.45) is 0. The molecule has 0 saturated heterocycles. The van der Waals surface area contributed by atoms with Crippen LogP contribution >= 0.6 is 11.6 Å². The van der Waals surface area contributed by atoms with E-state index in [1.807, 2.05) is 0 Å². The summed E-state index contributed by atoms with van der Waals surface area (Å²) in [4.78, 5) is 0. The van der Waals surface area contributed by atoms with Crippen LogP contribution in [0, 0.1) is 26.0 Å². The fourth-order valence-corrected chi connectivity index (χ4v) is 1.69. The number of nitrogens with two attached hydrogens (primary N) is 1. The third-order valence-corrected chi connectivity index (χ3v) is 2.91. The smallest absolute Gasteiger partial charge is 0.208 e. The van der Waals surface area contributed by atoms with E-state index in [0.29, 0.717) is 32.3 Å². The van der Waals surface area contributed by atoms with E-state index < -0.39 is 0 Å². The first-order valence-corrected chi connectivity index (χ1v) is 4.66. The van der Waals surface area contributed by atoms with Gasteiger partial charge >= 0.3 is 0 Å². The van der Waals surface area contributed by atoms with Crippen molar-refractivity contribution in [2.24, 2.45) is 10.9 Å². The van der Waals surface area contributed by atoms with Crippen molar-refractivity contribution in [2.45, 2.75) is 20.8 Å². The van der Waals surface area contributed by atoms with Crippen LogP contribution in [0.1, 0.15) is 22.5 Å². The topological polar surface area (TPSA) is 85.5 Å². The van der Waals surface area contributed by atoms with Crippen molar-refractivity contribution in [3.05, 3.63) is 32.7 Å². The molecule has 0 saturated carbocycles. The molecule has 5 nitrogen and oxygen atoms in total. The van der Waals surface area contributed by atoms with Crippen molar-refractivity contribution in [1.29, 1.82) is 0 Å². The van der Waals surface area contributed by atoms with Crippen molar-refractivity contribution in [2.75, 3.05) is 0 Å². The van der Waals surface area contributed by atoms with Gasteiger partial charge in [0.1, 0.15) is 5.02 Å². The Bertz CT molecular complexity index is 414. The molecule has 0 bridgehead atoms. The summed E-state index contributed by atoms with van der Waals surface area (Å²) in [5.74, 6) is -0.114. The van der Waals surface area contributed by atoms with Crippen molar-refractivity contribution in [1.82, 2.24) is 0 Å². The summed E-state index contributed by atoms with van der Waals surface area (Å²) in [6, 6.07) is 0. The van der Waals surface area contributed by atoms with E-state index in [9.17, 15) is 5.21 Å². The molecule has 1 heterocycles. The zero-order chi connectivity index (χ0) is 11.7. The average Bonchev–Trinajstić information content (AvgIpc) is 2.23. The summed E-state index contributed by atoms with van der Waals surface area (Å²) in [7, 11) is 0. The van der Waals surface area contributed by atoms with Crippen LogP contribution in [0.2, 0.25) is 5.02 Å². The minimum absolute atomic E-state index is 0.114. The van der Waals surface area contributed by atoms with E-state index in [1.54, 1.807) is 20.8 Å². The number of hydrogen-bond donors (Lipinski definition) is 2. The second-order valence-electron chi connectivity index (χ2n) is 3.26. The van der Waals surface area contributed by atoms with Crippen LogP contribution in [0.3, 0.4) is 0 Å². The molecule has 0 aliphatic carbocycles. The zero-order valence-electron chi connectivity index (χ0n) is 8.71. The number of oxime groups is 1. The first-order valence-electron chi connectivity index (χ1n) is 4.28. The quantitative estimate of drug-likeness (QED) is 0.188. The molecular formula is C9H12ClN3O2. The van der Waals surface area contributed by atoms with E-state index in [1.165, 1.54) is 0 Å². The third kappa shape index (κ3) is 1.70.